The van der Waals surface area contributed by atoms with E-state index in [1.165, 1.54) is 0 Å². The maximum atomic E-state index is 7.50. The van der Waals surface area contributed by atoms with Gasteiger partial charge in [-0.25, -0.2) is 0 Å². The van der Waals surface area contributed by atoms with Crippen molar-refractivity contribution >= 4 is 0 Å². The third kappa shape index (κ3) is 17.9. The highest BCUT2D eigenvalue weighted by molar-refractivity contribution is 3.63. The van der Waals surface area contributed by atoms with Crippen LogP contribution in [0.1, 0.15) is 0 Å². The molecule has 0 spiro atoms. The van der Waals surface area contributed by atoms with Crippen LogP contribution < -0.4 is 36.4 Å². The van der Waals surface area contributed by atoms with E-state index in [1.807, 2.05) is 0 Å². The van der Waals surface area contributed by atoms with Gasteiger partial charge in [0.15, 0.2) is 0 Å². The van der Waals surface area contributed by atoms with Crippen LogP contribution >= 0.6 is 0 Å². The SMILES string of the molecule is N=O.[Cl-].[IH2+]. The molecule has 0 heterocycles. The van der Waals surface area contributed by atoms with Crippen LogP contribution in [-0.2, 0) is 0 Å². The maximum absolute atomic E-state index is 7.50. The summed E-state index contributed by atoms with van der Waals surface area (Å²) in [6, 6.07) is 0. The van der Waals surface area contributed by atoms with Crippen LogP contribution in [0.3, 0.4) is 0 Å². The Morgan fingerprint density at radius 1 is 1.25 bits per heavy atom. The Balaban J connectivity index is -0.00000000500. The predicted molar refractivity (Wildman–Crippen MR) is 8.88 cm³/mol. The van der Waals surface area contributed by atoms with Crippen molar-refractivity contribution in [1.82, 2.24) is 0 Å². The largest absolute Gasteiger partial charge is 1.00 e. The first kappa shape index (κ1) is 23.1. The molecule has 1 N–H and O–H groups in total. The van der Waals surface area contributed by atoms with Gasteiger partial charge in [0.1, 0.15) is 0 Å². The molecule has 2 nitrogen and oxygen atoms in total. The van der Waals surface area contributed by atoms with Crippen LogP contribution in [-0.4, -0.2) is 0 Å². The van der Waals surface area contributed by atoms with Gasteiger partial charge in [0.2, 0.25) is 24.0 Å². The smallest absolute Gasteiger partial charge is 0.235 e. The normalized spacial score (nSPS) is 1.00. The van der Waals surface area contributed by atoms with Crippen molar-refractivity contribution in [2.75, 3.05) is 0 Å². The summed E-state index contributed by atoms with van der Waals surface area (Å²) in [5.41, 5.74) is 4.50. The Hall–Kier alpha value is 0.620. The summed E-state index contributed by atoms with van der Waals surface area (Å²) in [7, 11) is 0. The summed E-state index contributed by atoms with van der Waals surface area (Å²) in [5.74, 6) is 0. The van der Waals surface area contributed by atoms with Crippen molar-refractivity contribution in [3.63, 3.8) is 0 Å². The first-order valence-electron chi connectivity index (χ1n) is 0.204. The lowest BCUT2D eigenvalue weighted by molar-refractivity contribution is -0.00100. The molecule has 0 amide bonds. The standard InChI is InChI=1S/ClH.H2I.HNO/c;;1-2/h1H;1H2;1H/q;+1;/p-1. The minimum atomic E-state index is 0. The number of hydrogen-bond acceptors (Lipinski definition) is 2. The highest BCUT2D eigenvalue weighted by atomic mass is 127. The summed E-state index contributed by atoms with van der Waals surface area (Å²) in [4.78, 5) is 7.50. The number of nitrogens with one attached hydrogen (secondary N) is 1. The Morgan fingerprint density at radius 2 is 1.25 bits per heavy atom. The van der Waals surface area contributed by atoms with Crippen LogP contribution in [0, 0.1) is 10.5 Å². The molecule has 0 aliphatic rings. The number of nitroso groups, excluding NO2 is 1. The molecule has 0 atom stereocenters. The predicted octanol–water partition coefficient (Wildman–Crippen LogP) is -6.20. The number of hydrogen-bond donors (Lipinski definition) is 1. The van der Waals surface area contributed by atoms with E-state index in [9.17, 15) is 0 Å². The zero-order valence-corrected chi connectivity index (χ0v) is 5.04. The molecule has 0 fully saturated rings. The van der Waals surface area contributed by atoms with E-state index in [2.05, 4.69) is 5.59 Å². The minimum Gasteiger partial charge on any atom is -1.00 e. The first-order valence-corrected chi connectivity index (χ1v) is 0.204. The van der Waals surface area contributed by atoms with Gasteiger partial charge >= 0.3 is 0 Å². The van der Waals surface area contributed by atoms with E-state index in [-0.39, 0.29) is 36.4 Å². The molecule has 0 aromatic heterocycles. The van der Waals surface area contributed by atoms with Crippen molar-refractivity contribution in [1.29, 1.82) is 5.59 Å². The van der Waals surface area contributed by atoms with Gasteiger partial charge in [-0.1, -0.05) is 5.59 Å². The molecule has 4 heavy (non-hydrogen) atoms. The minimum absolute atomic E-state index is 0. The summed E-state index contributed by atoms with van der Waals surface area (Å²) < 4.78 is 0. The summed E-state index contributed by atoms with van der Waals surface area (Å²) >= 11 is 0. The fraction of sp³-hybridized carbons (Fsp3) is 0. The van der Waals surface area contributed by atoms with Gasteiger partial charge in [0, 0.05) is 0 Å². The average Bonchev–Trinajstić information content (AvgIpc) is 1.00. The van der Waals surface area contributed by atoms with E-state index in [1.54, 1.807) is 0 Å². The molecule has 0 saturated carbocycles. The maximum Gasteiger partial charge on any atom is 0.235 e. The molecular weight excluding hydrogens is 192 g/mol. The highest BCUT2D eigenvalue weighted by Crippen LogP contribution is 0.766. The monoisotopic (exact) mass is 195 g/mol. The van der Waals surface area contributed by atoms with Crippen LogP contribution in [0.4, 0.5) is 0 Å². The molecule has 0 aliphatic heterocycles. The fourth-order valence-corrected chi connectivity index (χ4v) is 0. The van der Waals surface area contributed by atoms with Gasteiger partial charge in [-0.05, 0) is 0 Å². The Morgan fingerprint density at radius 3 is 1.25 bits per heavy atom. The zero-order chi connectivity index (χ0) is 2.00. The molecule has 0 aromatic rings. The highest BCUT2D eigenvalue weighted by Gasteiger charge is 0.588. The zero-order valence-electron chi connectivity index (χ0n) is 1.73. The number of halogens is 2. The van der Waals surface area contributed by atoms with Gasteiger partial charge in [-0.2, -0.15) is 4.91 Å². The van der Waals surface area contributed by atoms with Crippen molar-refractivity contribution in [2.24, 2.45) is 0 Å². The van der Waals surface area contributed by atoms with E-state index < -0.39 is 0 Å². The Bertz CT molecular complexity index is 8.00. The molecule has 4 heteroatoms. The van der Waals surface area contributed by atoms with Crippen LogP contribution in [0.2, 0.25) is 0 Å². The van der Waals surface area contributed by atoms with Gasteiger partial charge in [-0.3, -0.25) is 0 Å². The second-order valence-corrected chi connectivity index (χ2v) is 0. The van der Waals surface area contributed by atoms with Gasteiger partial charge in [-0.15, -0.1) is 0 Å². The van der Waals surface area contributed by atoms with Crippen LogP contribution in [0.25, 0.3) is 0 Å². The topological polar surface area (TPSA) is 40.9 Å². The summed E-state index contributed by atoms with van der Waals surface area (Å²) in [5, 5.41) is 0. The molecule has 0 saturated heterocycles. The quantitative estimate of drug-likeness (QED) is 0.303. The lowest BCUT2D eigenvalue weighted by Gasteiger charge is -1.00. The van der Waals surface area contributed by atoms with E-state index in [0.29, 0.717) is 0 Å². The fourth-order valence-electron chi connectivity index (χ4n) is 0. The first-order chi connectivity index (χ1) is 1.00. The molecule has 0 radical (unpaired) electrons. The molecule has 0 unspecified atom stereocenters. The van der Waals surface area contributed by atoms with E-state index in [4.69, 9.17) is 4.91 Å². The van der Waals surface area contributed by atoms with Crippen LogP contribution in [0.5, 0.6) is 0 Å². The third-order valence-corrected chi connectivity index (χ3v) is 0. The second kappa shape index (κ2) is 64.6. The van der Waals surface area contributed by atoms with Gasteiger partial charge < -0.3 is 12.4 Å². The average molecular weight is 195 g/mol. The second-order valence-electron chi connectivity index (χ2n) is 0. The Kier molecular flexibility index (Phi) is 373. The van der Waals surface area contributed by atoms with E-state index >= 15 is 0 Å². The lowest BCUT2D eigenvalue weighted by Crippen LogP contribution is -3.00. The van der Waals surface area contributed by atoms with Crippen molar-refractivity contribution < 1.29 is 36.4 Å². The molecule has 0 rings (SSSR count). The molecule has 0 aromatic carbocycles. The molecular formula is H3ClINO. The molecule has 0 aliphatic carbocycles. The van der Waals surface area contributed by atoms with Gasteiger partial charge in [0.25, 0.3) is 0 Å². The van der Waals surface area contributed by atoms with Crippen LogP contribution in [0.15, 0.2) is 0 Å². The number of rotatable bonds is 0. The third-order valence-electron chi connectivity index (χ3n) is 0. The van der Waals surface area contributed by atoms with Crippen molar-refractivity contribution in [3.8, 4) is 0 Å². The molecule has 28 valence electrons. The molecule has 0 bridgehead atoms. The van der Waals surface area contributed by atoms with Crippen molar-refractivity contribution in [3.05, 3.63) is 4.91 Å². The lowest BCUT2D eigenvalue weighted by atomic mass is 13.8. The summed E-state index contributed by atoms with van der Waals surface area (Å²) in [6.45, 7) is 0. The van der Waals surface area contributed by atoms with Gasteiger partial charge in [0.05, 0.1) is 0 Å². The Labute approximate surface area is 47.2 Å². The summed E-state index contributed by atoms with van der Waals surface area (Å²) in [6.07, 6.45) is 0. The van der Waals surface area contributed by atoms with E-state index in [0.717, 1.165) is 0 Å². The van der Waals surface area contributed by atoms with Crippen molar-refractivity contribution in [2.45, 2.75) is 0 Å².